The van der Waals surface area contributed by atoms with Gasteiger partial charge in [-0.3, -0.25) is 9.69 Å². The third-order valence-electron chi connectivity index (χ3n) is 5.83. The van der Waals surface area contributed by atoms with Crippen LogP contribution in [0.1, 0.15) is 41.8 Å². The lowest BCUT2D eigenvalue weighted by molar-refractivity contribution is 0.0771. The Morgan fingerprint density at radius 1 is 1.17 bits per heavy atom. The number of likely N-dealkylation sites (tertiary alicyclic amines) is 2. The van der Waals surface area contributed by atoms with Gasteiger partial charge in [-0.1, -0.05) is 6.08 Å². The summed E-state index contributed by atoms with van der Waals surface area (Å²) in [6.45, 7) is 4.48. The molecule has 6 heteroatoms. The van der Waals surface area contributed by atoms with Gasteiger partial charge in [0.25, 0.3) is 5.91 Å². The normalized spacial score (nSPS) is 18.2. The number of furan rings is 1. The van der Waals surface area contributed by atoms with Crippen molar-refractivity contribution in [3.63, 3.8) is 0 Å². The quantitative estimate of drug-likeness (QED) is 0.688. The Balaban J connectivity index is 1.35. The summed E-state index contributed by atoms with van der Waals surface area (Å²) in [5.41, 5.74) is 0.640. The highest BCUT2D eigenvalue weighted by Gasteiger charge is 2.26. The summed E-state index contributed by atoms with van der Waals surface area (Å²) in [5.74, 6) is 2.29. The first-order chi connectivity index (χ1) is 14.7. The summed E-state index contributed by atoms with van der Waals surface area (Å²) in [6, 6.07) is 9.37. The van der Waals surface area contributed by atoms with E-state index < -0.39 is 0 Å². The number of hydrogen-bond acceptors (Lipinski definition) is 5. The summed E-state index contributed by atoms with van der Waals surface area (Å²) in [5, 5.41) is 0. The minimum absolute atomic E-state index is 0.0608. The topological polar surface area (TPSA) is 55.1 Å². The standard InChI is InChI=1S/C24H30N2O4/c1-28-21-8-9-22(24(27)26-13-2-3-14-26)23(18-21)30-20-10-15-25(16-11-20)12-4-6-19-7-5-17-29-19/h4-9,17-18,20H,2-3,10-16H2,1H3. The number of amides is 1. The van der Waals surface area contributed by atoms with Crippen molar-refractivity contribution in [2.45, 2.75) is 31.8 Å². The van der Waals surface area contributed by atoms with E-state index in [0.29, 0.717) is 17.1 Å². The first-order valence-corrected chi connectivity index (χ1v) is 10.8. The van der Waals surface area contributed by atoms with Gasteiger partial charge < -0.3 is 18.8 Å². The largest absolute Gasteiger partial charge is 0.497 e. The van der Waals surface area contributed by atoms with Gasteiger partial charge in [-0.15, -0.1) is 0 Å². The smallest absolute Gasteiger partial charge is 0.257 e. The van der Waals surface area contributed by atoms with Crippen LogP contribution in [0.5, 0.6) is 11.5 Å². The fraction of sp³-hybridized carbons (Fsp3) is 0.458. The third-order valence-corrected chi connectivity index (χ3v) is 5.83. The van der Waals surface area contributed by atoms with E-state index in [9.17, 15) is 4.79 Å². The van der Waals surface area contributed by atoms with Crippen LogP contribution < -0.4 is 9.47 Å². The Bertz CT molecular complexity index is 848. The van der Waals surface area contributed by atoms with Crippen molar-refractivity contribution in [3.8, 4) is 11.5 Å². The second-order valence-electron chi connectivity index (χ2n) is 7.90. The van der Waals surface area contributed by atoms with Gasteiger partial charge in [-0.05, 0) is 56.0 Å². The lowest BCUT2D eigenvalue weighted by Gasteiger charge is -2.32. The molecular weight excluding hydrogens is 380 g/mol. The average molecular weight is 411 g/mol. The fourth-order valence-electron chi connectivity index (χ4n) is 4.09. The van der Waals surface area contributed by atoms with Gasteiger partial charge in [0.15, 0.2) is 0 Å². The molecule has 2 aliphatic rings. The van der Waals surface area contributed by atoms with E-state index in [1.807, 2.05) is 41.3 Å². The van der Waals surface area contributed by atoms with Gasteiger partial charge in [0.05, 0.1) is 18.9 Å². The Morgan fingerprint density at radius 2 is 1.97 bits per heavy atom. The monoisotopic (exact) mass is 410 g/mol. The summed E-state index contributed by atoms with van der Waals surface area (Å²) in [6.07, 6.45) is 9.95. The molecule has 0 aliphatic carbocycles. The molecule has 0 radical (unpaired) electrons. The van der Waals surface area contributed by atoms with Gasteiger partial charge in [0.1, 0.15) is 23.4 Å². The molecule has 4 rings (SSSR count). The highest BCUT2D eigenvalue weighted by atomic mass is 16.5. The van der Waals surface area contributed by atoms with Crippen molar-refractivity contribution in [2.24, 2.45) is 0 Å². The average Bonchev–Trinajstić information content (AvgIpc) is 3.49. The highest BCUT2D eigenvalue weighted by Crippen LogP contribution is 2.29. The zero-order chi connectivity index (χ0) is 20.8. The molecule has 3 heterocycles. The zero-order valence-electron chi connectivity index (χ0n) is 17.6. The maximum Gasteiger partial charge on any atom is 0.257 e. The first-order valence-electron chi connectivity index (χ1n) is 10.8. The van der Waals surface area contributed by atoms with Crippen molar-refractivity contribution in [1.29, 1.82) is 0 Å². The van der Waals surface area contributed by atoms with Crippen LogP contribution in [0.2, 0.25) is 0 Å². The number of carbonyl (C=O) groups is 1. The molecule has 0 N–H and O–H groups in total. The van der Waals surface area contributed by atoms with E-state index in [0.717, 1.165) is 64.2 Å². The molecule has 1 amide bonds. The van der Waals surface area contributed by atoms with Gasteiger partial charge in [0, 0.05) is 38.8 Å². The number of carbonyl (C=O) groups excluding carboxylic acids is 1. The second kappa shape index (κ2) is 9.85. The molecule has 30 heavy (non-hydrogen) atoms. The van der Waals surface area contributed by atoms with E-state index in [1.54, 1.807) is 13.4 Å². The molecule has 0 saturated carbocycles. The van der Waals surface area contributed by atoms with Crippen LogP contribution >= 0.6 is 0 Å². The number of hydrogen-bond donors (Lipinski definition) is 0. The molecule has 2 fully saturated rings. The molecule has 1 aromatic carbocycles. The highest BCUT2D eigenvalue weighted by molar-refractivity contribution is 5.97. The fourth-order valence-corrected chi connectivity index (χ4v) is 4.09. The molecular formula is C24H30N2O4. The molecule has 0 unspecified atom stereocenters. The van der Waals surface area contributed by atoms with Crippen molar-refractivity contribution in [1.82, 2.24) is 9.80 Å². The molecule has 2 aliphatic heterocycles. The van der Waals surface area contributed by atoms with E-state index in [1.165, 1.54) is 0 Å². The van der Waals surface area contributed by atoms with E-state index in [-0.39, 0.29) is 12.0 Å². The third kappa shape index (κ3) is 5.05. The molecule has 2 aromatic rings. The molecule has 160 valence electrons. The van der Waals surface area contributed by atoms with E-state index in [4.69, 9.17) is 13.9 Å². The minimum Gasteiger partial charge on any atom is -0.497 e. The summed E-state index contributed by atoms with van der Waals surface area (Å²) < 4.78 is 17.0. The van der Waals surface area contributed by atoms with Gasteiger partial charge in [0.2, 0.25) is 0 Å². The van der Waals surface area contributed by atoms with Gasteiger partial charge in [-0.2, -0.15) is 0 Å². The lowest BCUT2D eigenvalue weighted by atomic mass is 10.1. The molecule has 0 bridgehead atoms. The predicted octanol–water partition coefficient (Wildman–Crippen LogP) is 4.08. The molecule has 0 spiro atoms. The number of ether oxygens (including phenoxy) is 2. The number of nitrogens with zero attached hydrogens (tertiary/aromatic N) is 2. The van der Waals surface area contributed by atoms with Crippen LogP contribution in [0.15, 0.2) is 47.1 Å². The number of methoxy groups -OCH3 is 1. The Morgan fingerprint density at radius 3 is 2.67 bits per heavy atom. The Labute approximate surface area is 178 Å². The van der Waals surface area contributed by atoms with Crippen LogP contribution in [-0.4, -0.2) is 61.6 Å². The summed E-state index contributed by atoms with van der Waals surface area (Å²) in [4.78, 5) is 17.3. The maximum absolute atomic E-state index is 13.0. The van der Waals surface area contributed by atoms with Crippen LogP contribution in [0, 0.1) is 0 Å². The van der Waals surface area contributed by atoms with Crippen LogP contribution in [0.25, 0.3) is 6.08 Å². The van der Waals surface area contributed by atoms with Crippen molar-refractivity contribution < 1.29 is 18.7 Å². The Hall–Kier alpha value is -2.73. The van der Waals surface area contributed by atoms with Crippen LogP contribution in [0.3, 0.4) is 0 Å². The van der Waals surface area contributed by atoms with Crippen molar-refractivity contribution in [3.05, 3.63) is 54.0 Å². The number of benzene rings is 1. The molecule has 2 saturated heterocycles. The summed E-state index contributed by atoms with van der Waals surface area (Å²) >= 11 is 0. The first kappa shape index (κ1) is 20.5. The molecule has 6 nitrogen and oxygen atoms in total. The van der Waals surface area contributed by atoms with Crippen LogP contribution in [-0.2, 0) is 0 Å². The van der Waals surface area contributed by atoms with E-state index >= 15 is 0 Å². The van der Waals surface area contributed by atoms with Gasteiger partial charge in [-0.25, -0.2) is 0 Å². The summed E-state index contributed by atoms with van der Waals surface area (Å²) in [7, 11) is 1.63. The SMILES string of the molecule is COc1ccc(C(=O)N2CCCC2)c(OC2CCN(CC=Cc3ccco3)CC2)c1. The predicted molar refractivity (Wildman–Crippen MR) is 116 cm³/mol. The van der Waals surface area contributed by atoms with Crippen molar-refractivity contribution >= 4 is 12.0 Å². The maximum atomic E-state index is 13.0. The Kier molecular flexibility index (Phi) is 6.74. The van der Waals surface area contributed by atoms with Crippen LogP contribution in [0.4, 0.5) is 0 Å². The number of piperidine rings is 1. The number of rotatable bonds is 7. The van der Waals surface area contributed by atoms with Crippen molar-refractivity contribution in [2.75, 3.05) is 39.8 Å². The second-order valence-corrected chi connectivity index (χ2v) is 7.90. The lowest BCUT2D eigenvalue weighted by Crippen LogP contribution is -2.38. The van der Waals surface area contributed by atoms with Gasteiger partial charge >= 0.3 is 0 Å². The molecule has 0 atom stereocenters. The van der Waals surface area contributed by atoms with E-state index in [2.05, 4.69) is 11.0 Å². The molecule has 1 aromatic heterocycles. The minimum atomic E-state index is 0.0608. The zero-order valence-corrected chi connectivity index (χ0v) is 17.6.